The van der Waals surface area contributed by atoms with Crippen molar-refractivity contribution in [3.63, 3.8) is 0 Å². The third-order valence-electron chi connectivity index (χ3n) is 2.19. The molecule has 0 saturated heterocycles. The standard InChI is InChI=1S/C9H12N4/c1-5-4-7-8(6(2)11-5)13(3)9(10)12-7/h4H,1-3H3,(H2,10,12). The fourth-order valence-corrected chi connectivity index (χ4v) is 1.61. The Labute approximate surface area is 76.4 Å². The number of aryl methyl sites for hydroxylation is 3. The lowest BCUT2D eigenvalue weighted by molar-refractivity contribution is 0.952. The number of nitrogens with zero attached hydrogens (tertiary/aromatic N) is 3. The predicted octanol–water partition coefficient (Wildman–Crippen LogP) is 1.17. The Morgan fingerprint density at radius 3 is 2.69 bits per heavy atom. The Morgan fingerprint density at radius 1 is 1.31 bits per heavy atom. The number of nitrogen functional groups attached to an aromatic ring is 1. The average molecular weight is 176 g/mol. The van der Waals surface area contributed by atoms with Crippen molar-refractivity contribution in [2.75, 3.05) is 5.73 Å². The van der Waals surface area contributed by atoms with Crippen LogP contribution in [-0.4, -0.2) is 14.5 Å². The van der Waals surface area contributed by atoms with Crippen LogP contribution in [0.1, 0.15) is 11.4 Å². The molecule has 0 bridgehead atoms. The van der Waals surface area contributed by atoms with Crippen LogP contribution >= 0.6 is 0 Å². The number of rotatable bonds is 0. The van der Waals surface area contributed by atoms with Gasteiger partial charge in [-0.3, -0.25) is 4.98 Å². The zero-order chi connectivity index (χ0) is 9.59. The summed E-state index contributed by atoms with van der Waals surface area (Å²) in [5, 5.41) is 0. The zero-order valence-electron chi connectivity index (χ0n) is 8.00. The summed E-state index contributed by atoms with van der Waals surface area (Å²) in [4.78, 5) is 8.59. The maximum Gasteiger partial charge on any atom is 0.200 e. The molecule has 68 valence electrons. The Hall–Kier alpha value is -1.58. The first-order valence-electron chi connectivity index (χ1n) is 4.15. The second kappa shape index (κ2) is 2.45. The van der Waals surface area contributed by atoms with E-state index in [4.69, 9.17) is 5.73 Å². The number of hydrogen-bond donors (Lipinski definition) is 1. The van der Waals surface area contributed by atoms with Crippen LogP contribution in [0.2, 0.25) is 0 Å². The van der Waals surface area contributed by atoms with Gasteiger partial charge in [-0.25, -0.2) is 4.98 Å². The maximum absolute atomic E-state index is 5.70. The van der Waals surface area contributed by atoms with E-state index in [9.17, 15) is 0 Å². The topological polar surface area (TPSA) is 56.7 Å². The van der Waals surface area contributed by atoms with Gasteiger partial charge in [0.15, 0.2) is 0 Å². The van der Waals surface area contributed by atoms with Crippen LogP contribution in [0.15, 0.2) is 6.07 Å². The molecule has 0 fully saturated rings. The normalized spacial score (nSPS) is 11.0. The van der Waals surface area contributed by atoms with Gasteiger partial charge in [-0.15, -0.1) is 0 Å². The predicted molar refractivity (Wildman–Crippen MR) is 52.4 cm³/mol. The van der Waals surface area contributed by atoms with E-state index in [1.807, 2.05) is 31.5 Å². The monoisotopic (exact) mass is 176 g/mol. The van der Waals surface area contributed by atoms with Gasteiger partial charge in [0.2, 0.25) is 5.95 Å². The van der Waals surface area contributed by atoms with Gasteiger partial charge in [0.05, 0.1) is 16.7 Å². The highest BCUT2D eigenvalue weighted by molar-refractivity contribution is 5.80. The van der Waals surface area contributed by atoms with Crippen LogP contribution in [0, 0.1) is 13.8 Å². The first-order valence-corrected chi connectivity index (χ1v) is 4.15. The lowest BCUT2D eigenvalue weighted by Crippen LogP contribution is -1.98. The molecule has 2 heterocycles. The quantitative estimate of drug-likeness (QED) is 0.655. The summed E-state index contributed by atoms with van der Waals surface area (Å²) in [7, 11) is 1.90. The Bertz CT molecular complexity index is 470. The van der Waals surface area contributed by atoms with Gasteiger partial charge >= 0.3 is 0 Å². The number of fused-ring (bicyclic) bond motifs is 1. The lowest BCUT2D eigenvalue weighted by atomic mass is 10.3. The fraction of sp³-hybridized carbons (Fsp3) is 0.333. The maximum atomic E-state index is 5.70. The van der Waals surface area contributed by atoms with E-state index in [1.165, 1.54) is 0 Å². The van der Waals surface area contributed by atoms with Gasteiger partial charge in [-0.1, -0.05) is 0 Å². The molecule has 0 saturated carbocycles. The fourth-order valence-electron chi connectivity index (χ4n) is 1.61. The molecule has 2 N–H and O–H groups in total. The van der Waals surface area contributed by atoms with E-state index in [2.05, 4.69) is 9.97 Å². The van der Waals surface area contributed by atoms with Crippen LogP contribution in [0.3, 0.4) is 0 Å². The summed E-state index contributed by atoms with van der Waals surface area (Å²) in [5.41, 5.74) is 9.58. The summed E-state index contributed by atoms with van der Waals surface area (Å²) in [5.74, 6) is 0.533. The third kappa shape index (κ3) is 1.06. The number of nitrogens with two attached hydrogens (primary N) is 1. The molecule has 0 unspecified atom stereocenters. The molecule has 2 aromatic rings. The van der Waals surface area contributed by atoms with Crippen molar-refractivity contribution in [3.8, 4) is 0 Å². The van der Waals surface area contributed by atoms with Gasteiger partial charge in [-0.2, -0.15) is 0 Å². The minimum atomic E-state index is 0.533. The highest BCUT2D eigenvalue weighted by Gasteiger charge is 2.08. The SMILES string of the molecule is Cc1cc2nc(N)n(C)c2c(C)n1. The summed E-state index contributed by atoms with van der Waals surface area (Å²) in [6.45, 7) is 3.92. The number of pyridine rings is 1. The second-order valence-corrected chi connectivity index (χ2v) is 3.25. The van der Waals surface area contributed by atoms with E-state index in [-0.39, 0.29) is 0 Å². The Morgan fingerprint density at radius 2 is 2.00 bits per heavy atom. The smallest absolute Gasteiger partial charge is 0.200 e. The molecule has 4 nitrogen and oxygen atoms in total. The van der Waals surface area contributed by atoms with Crippen LogP contribution in [0.5, 0.6) is 0 Å². The molecule has 2 aromatic heterocycles. The van der Waals surface area contributed by atoms with Crippen molar-refractivity contribution in [2.45, 2.75) is 13.8 Å². The highest BCUT2D eigenvalue weighted by atomic mass is 15.1. The first kappa shape index (κ1) is 8.04. The molecule has 13 heavy (non-hydrogen) atoms. The number of aromatic nitrogens is 3. The molecule has 0 atom stereocenters. The van der Waals surface area contributed by atoms with E-state index >= 15 is 0 Å². The number of imidazole rings is 1. The Kier molecular flexibility index (Phi) is 1.52. The lowest BCUT2D eigenvalue weighted by Gasteiger charge is -2.00. The van der Waals surface area contributed by atoms with Gasteiger partial charge in [-0.05, 0) is 19.9 Å². The van der Waals surface area contributed by atoms with Gasteiger partial charge < -0.3 is 10.3 Å². The van der Waals surface area contributed by atoms with Gasteiger partial charge in [0.25, 0.3) is 0 Å². The largest absolute Gasteiger partial charge is 0.369 e. The number of anilines is 1. The molecule has 0 amide bonds. The van der Waals surface area contributed by atoms with E-state index < -0.39 is 0 Å². The molecule has 0 spiro atoms. The van der Waals surface area contributed by atoms with E-state index in [1.54, 1.807) is 0 Å². The molecule has 0 aromatic carbocycles. The van der Waals surface area contributed by atoms with Crippen LogP contribution in [0.25, 0.3) is 11.0 Å². The van der Waals surface area contributed by atoms with Crippen LogP contribution in [-0.2, 0) is 7.05 Å². The molecule has 4 heteroatoms. The van der Waals surface area contributed by atoms with E-state index in [0.717, 1.165) is 22.4 Å². The average Bonchev–Trinajstić information content (AvgIpc) is 2.27. The second-order valence-electron chi connectivity index (χ2n) is 3.25. The van der Waals surface area contributed by atoms with Crippen molar-refractivity contribution in [1.82, 2.24) is 14.5 Å². The van der Waals surface area contributed by atoms with Crippen molar-refractivity contribution in [2.24, 2.45) is 7.05 Å². The summed E-state index contributed by atoms with van der Waals surface area (Å²) in [6, 6.07) is 1.94. The van der Waals surface area contributed by atoms with E-state index in [0.29, 0.717) is 5.95 Å². The van der Waals surface area contributed by atoms with Crippen LogP contribution < -0.4 is 5.73 Å². The molecule has 0 aliphatic carbocycles. The minimum absolute atomic E-state index is 0.533. The minimum Gasteiger partial charge on any atom is -0.369 e. The Balaban J connectivity index is 2.94. The summed E-state index contributed by atoms with van der Waals surface area (Å²) < 4.78 is 1.86. The third-order valence-corrected chi connectivity index (χ3v) is 2.19. The van der Waals surface area contributed by atoms with Crippen molar-refractivity contribution in [3.05, 3.63) is 17.5 Å². The summed E-state index contributed by atoms with van der Waals surface area (Å²) in [6.07, 6.45) is 0. The van der Waals surface area contributed by atoms with Crippen molar-refractivity contribution < 1.29 is 0 Å². The molecule has 0 aliphatic heterocycles. The summed E-state index contributed by atoms with van der Waals surface area (Å²) >= 11 is 0. The molecular weight excluding hydrogens is 164 g/mol. The number of hydrogen-bond acceptors (Lipinski definition) is 3. The molecular formula is C9H12N4. The van der Waals surface area contributed by atoms with Crippen molar-refractivity contribution >= 4 is 17.0 Å². The van der Waals surface area contributed by atoms with Crippen molar-refractivity contribution in [1.29, 1.82) is 0 Å². The molecule has 0 aliphatic rings. The van der Waals surface area contributed by atoms with Gasteiger partial charge in [0, 0.05) is 12.7 Å². The molecule has 0 radical (unpaired) electrons. The van der Waals surface area contributed by atoms with Crippen LogP contribution in [0.4, 0.5) is 5.95 Å². The van der Waals surface area contributed by atoms with Gasteiger partial charge in [0.1, 0.15) is 0 Å². The zero-order valence-corrected chi connectivity index (χ0v) is 8.00. The molecule has 2 rings (SSSR count). The highest BCUT2D eigenvalue weighted by Crippen LogP contribution is 2.19. The first-order chi connectivity index (χ1) is 6.09.